The van der Waals surface area contributed by atoms with E-state index in [0.29, 0.717) is 5.92 Å². The Bertz CT molecular complexity index is 696. The fraction of sp³-hybridized carbons (Fsp3) is 0.522. The molecular formula is C23H30BrN2O. The number of unbranched alkanes of at least 4 members (excludes halogenated alkanes) is 3. The molecule has 0 bridgehead atoms. The van der Waals surface area contributed by atoms with Gasteiger partial charge in [0, 0.05) is 18.0 Å². The molecule has 0 atom stereocenters. The first kappa shape index (κ1) is 20.3. The Morgan fingerprint density at radius 2 is 1.85 bits per heavy atom. The number of aromatic nitrogens is 2. The second-order valence-corrected chi connectivity index (χ2v) is 8.35. The van der Waals surface area contributed by atoms with Crippen molar-refractivity contribution in [1.29, 1.82) is 0 Å². The fourth-order valence-electron chi connectivity index (χ4n) is 3.52. The third-order valence-corrected chi connectivity index (χ3v) is 5.87. The molecule has 27 heavy (non-hydrogen) atoms. The van der Waals surface area contributed by atoms with Crippen molar-refractivity contribution in [2.75, 3.05) is 6.61 Å². The molecule has 0 spiro atoms. The van der Waals surface area contributed by atoms with Crippen molar-refractivity contribution >= 4 is 15.9 Å². The first-order valence-electron chi connectivity index (χ1n) is 10.3. The molecule has 1 saturated carbocycles. The quantitative estimate of drug-likeness (QED) is 0.410. The Morgan fingerprint density at radius 1 is 1.07 bits per heavy atom. The standard InChI is InChI=1S/C23H30BrN2O/c1-2-3-4-6-11-19-15-25-23(26-16-19)20-12-13-22(21(24)14-20)27-17-18-9-7-5-8-10-18/h5,12-16,18H,2-4,6-11,17H2,1H3. The van der Waals surface area contributed by atoms with Crippen LogP contribution in [0.25, 0.3) is 11.4 Å². The maximum Gasteiger partial charge on any atom is 0.159 e. The van der Waals surface area contributed by atoms with Crippen LogP contribution in [0.15, 0.2) is 35.1 Å². The lowest BCUT2D eigenvalue weighted by Gasteiger charge is -2.21. The van der Waals surface area contributed by atoms with Crippen molar-refractivity contribution in [3.05, 3.63) is 47.0 Å². The summed E-state index contributed by atoms with van der Waals surface area (Å²) in [7, 11) is 0. The van der Waals surface area contributed by atoms with Crippen LogP contribution in [0.2, 0.25) is 0 Å². The fourth-order valence-corrected chi connectivity index (χ4v) is 4.01. The zero-order valence-electron chi connectivity index (χ0n) is 16.3. The van der Waals surface area contributed by atoms with Gasteiger partial charge in [0.15, 0.2) is 5.82 Å². The van der Waals surface area contributed by atoms with Gasteiger partial charge in [-0.2, -0.15) is 0 Å². The van der Waals surface area contributed by atoms with E-state index in [-0.39, 0.29) is 0 Å². The Kier molecular flexibility index (Phi) is 8.12. The minimum absolute atomic E-state index is 0.676. The van der Waals surface area contributed by atoms with Gasteiger partial charge in [0.1, 0.15) is 5.75 Å². The number of hydrogen-bond donors (Lipinski definition) is 0. The van der Waals surface area contributed by atoms with Gasteiger partial charge in [-0.3, -0.25) is 0 Å². The second-order valence-electron chi connectivity index (χ2n) is 7.49. The zero-order chi connectivity index (χ0) is 18.9. The normalized spacial score (nSPS) is 15.0. The monoisotopic (exact) mass is 429 g/mol. The highest BCUT2D eigenvalue weighted by atomic mass is 79.9. The highest BCUT2D eigenvalue weighted by Crippen LogP contribution is 2.31. The van der Waals surface area contributed by atoms with Crippen molar-refractivity contribution in [3.8, 4) is 17.1 Å². The van der Waals surface area contributed by atoms with E-state index in [1.165, 1.54) is 56.9 Å². The zero-order valence-corrected chi connectivity index (χ0v) is 17.9. The van der Waals surface area contributed by atoms with Crippen LogP contribution < -0.4 is 4.74 Å². The molecule has 4 heteroatoms. The largest absolute Gasteiger partial charge is 0.492 e. The van der Waals surface area contributed by atoms with Crippen LogP contribution in [0.3, 0.4) is 0 Å². The maximum absolute atomic E-state index is 6.05. The molecule has 1 fully saturated rings. The van der Waals surface area contributed by atoms with Crippen LogP contribution in [0.1, 0.15) is 63.9 Å². The molecule has 1 aromatic heterocycles. The minimum atomic E-state index is 0.676. The molecule has 0 aliphatic heterocycles. The second kappa shape index (κ2) is 10.8. The lowest BCUT2D eigenvalue weighted by atomic mass is 9.90. The average molecular weight is 430 g/mol. The summed E-state index contributed by atoms with van der Waals surface area (Å²) in [6, 6.07) is 6.13. The van der Waals surface area contributed by atoms with Crippen LogP contribution in [-0.4, -0.2) is 16.6 Å². The van der Waals surface area contributed by atoms with Crippen molar-refractivity contribution in [2.24, 2.45) is 5.92 Å². The van der Waals surface area contributed by atoms with Crippen molar-refractivity contribution in [1.82, 2.24) is 9.97 Å². The number of rotatable bonds is 9. The number of hydrogen-bond acceptors (Lipinski definition) is 3. The van der Waals surface area contributed by atoms with E-state index in [2.05, 4.69) is 45.3 Å². The molecule has 3 nitrogen and oxygen atoms in total. The van der Waals surface area contributed by atoms with Gasteiger partial charge in [0.05, 0.1) is 11.1 Å². The van der Waals surface area contributed by atoms with E-state index >= 15 is 0 Å². The summed E-state index contributed by atoms with van der Waals surface area (Å²) < 4.78 is 7.02. The Balaban J connectivity index is 1.56. The molecule has 0 amide bonds. The number of benzene rings is 1. The van der Waals surface area contributed by atoms with Crippen LogP contribution in [0.4, 0.5) is 0 Å². The Morgan fingerprint density at radius 3 is 2.56 bits per heavy atom. The lowest BCUT2D eigenvalue weighted by Crippen LogP contribution is -2.15. The first-order valence-corrected chi connectivity index (χ1v) is 11.1. The summed E-state index contributed by atoms with van der Waals surface area (Å²) in [4.78, 5) is 9.12. The van der Waals surface area contributed by atoms with E-state index in [4.69, 9.17) is 4.74 Å². The third-order valence-electron chi connectivity index (χ3n) is 5.25. The van der Waals surface area contributed by atoms with Gasteiger partial charge in [-0.05, 0) is 90.6 Å². The summed E-state index contributed by atoms with van der Waals surface area (Å²) in [5.41, 5.74) is 2.23. The lowest BCUT2D eigenvalue weighted by molar-refractivity contribution is 0.220. The van der Waals surface area contributed by atoms with Gasteiger partial charge in [0.2, 0.25) is 0 Å². The van der Waals surface area contributed by atoms with Crippen LogP contribution in [-0.2, 0) is 6.42 Å². The van der Waals surface area contributed by atoms with Crippen LogP contribution in [0.5, 0.6) is 5.75 Å². The first-order chi connectivity index (χ1) is 13.3. The Labute approximate surface area is 172 Å². The van der Waals surface area contributed by atoms with E-state index in [0.717, 1.165) is 34.6 Å². The van der Waals surface area contributed by atoms with Crippen molar-refractivity contribution < 1.29 is 4.74 Å². The van der Waals surface area contributed by atoms with Gasteiger partial charge in [-0.1, -0.05) is 26.2 Å². The predicted octanol–water partition coefficient (Wildman–Crippen LogP) is 6.80. The molecule has 0 unspecified atom stereocenters. The van der Waals surface area contributed by atoms with Gasteiger partial charge < -0.3 is 4.74 Å². The number of nitrogens with zero attached hydrogens (tertiary/aromatic N) is 2. The summed E-state index contributed by atoms with van der Waals surface area (Å²) in [5.74, 6) is 2.35. The maximum atomic E-state index is 6.05. The SMILES string of the molecule is CCCCCCc1cnc(-c2ccc(OCC3CC[CH]CC3)c(Br)c2)nc1. The van der Waals surface area contributed by atoms with Crippen molar-refractivity contribution in [2.45, 2.75) is 64.7 Å². The van der Waals surface area contributed by atoms with Crippen LogP contribution in [0, 0.1) is 12.3 Å². The van der Waals surface area contributed by atoms with Gasteiger partial charge in [-0.25, -0.2) is 9.97 Å². The minimum Gasteiger partial charge on any atom is -0.492 e. The average Bonchev–Trinajstić information content (AvgIpc) is 2.71. The number of ether oxygens (including phenoxy) is 1. The van der Waals surface area contributed by atoms with Gasteiger partial charge in [-0.15, -0.1) is 0 Å². The molecule has 1 aliphatic carbocycles. The number of aryl methyl sites for hydroxylation is 1. The highest BCUT2D eigenvalue weighted by Gasteiger charge is 2.15. The molecule has 0 saturated heterocycles. The van der Waals surface area contributed by atoms with Gasteiger partial charge in [0.25, 0.3) is 0 Å². The molecule has 1 radical (unpaired) electrons. The predicted molar refractivity (Wildman–Crippen MR) is 115 cm³/mol. The number of halogens is 1. The topological polar surface area (TPSA) is 35.0 Å². The van der Waals surface area contributed by atoms with E-state index in [9.17, 15) is 0 Å². The third kappa shape index (κ3) is 6.31. The summed E-state index contributed by atoms with van der Waals surface area (Å²) in [6.45, 7) is 3.04. The molecule has 0 N–H and O–H groups in total. The van der Waals surface area contributed by atoms with E-state index < -0.39 is 0 Å². The molecule has 1 aliphatic rings. The summed E-state index contributed by atoms with van der Waals surface area (Å²) in [6.07, 6.45) is 17.4. The molecular weight excluding hydrogens is 400 g/mol. The smallest absolute Gasteiger partial charge is 0.159 e. The molecule has 1 aromatic carbocycles. The highest BCUT2D eigenvalue weighted by molar-refractivity contribution is 9.10. The molecule has 2 aromatic rings. The molecule has 145 valence electrons. The summed E-state index contributed by atoms with van der Waals surface area (Å²) >= 11 is 3.65. The van der Waals surface area contributed by atoms with Crippen molar-refractivity contribution in [3.63, 3.8) is 0 Å². The van der Waals surface area contributed by atoms with Gasteiger partial charge >= 0.3 is 0 Å². The molecule has 1 heterocycles. The van der Waals surface area contributed by atoms with E-state index in [1.807, 2.05) is 24.5 Å². The molecule has 3 rings (SSSR count). The Hall–Kier alpha value is -1.42. The van der Waals surface area contributed by atoms with E-state index in [1.54, 1.807) is 0 Å². The summed E-state index contributed by atoms with van der Waals surface area (Å²) in [5, 5.41) is 0. The van der Waals surface area contributed by atoms with Crippen LogP contribution >= 0.6 is 15.9 Å².